The summed E-state index contributed by atoms with van der Waals surface area (Å²) in [6, 6.07) is 15.5. The second-order valence-corrected chi connectivity index (χ2v) is 5.78. The van der Waals surface area contributed by atoms with Gasteiger partial charge in [0, 0.05) is 12.8 Å². The van der Waals surface area contributed by atoms with E-state index in [1.807, 2.05) is 30.3 Å². The highest BCUT2D eigenvalue weighted by atomic mass is 16.5. The van der Waals surface area contributed by atoms with Gasteiger partial charge in [-0.05, 0) is 36.2 Å². The second kappa shape index (κ2) is 10.1. The van der Waals surface area contributed by atoms with Crippen molar-refractivity contribution in [2.24, 2.45) is 0 Å². The molecule has 0 saturated heterocycles. The van der Waals surface area contributed by atoms with Crippen molar-refractivity contribution in [1.29, 1.82) is 0 Å². The molecule has 0 radical (unpaired) electrons. The number of ether oxygens (including phenoxy) is 2. The third kappa shape index (κ3) is 6.47. The van der Waals surface area contributed by atoms with Gasteiger partial charge in [0.25, 0.3) is 0 Å². The van der Waals surface area contributed by atoms with E-state index >= 15 is 0 Å². The van der Waals surface area contributed by atoms with Gasteiger partial charge >= 0.3 is 5.97 Å². The van der Waals surface area contributed by atoms with Gasteiger partial charge in [0.05, 0.1) is 13.7 Å². The fourth-order valence-electron chi connectivity index (χ4n) is 2.41. The lowest BCUT2D eigenvalue weighted by molar-refractivity contribution is -0.141. The number of nitrogens with one attached hydrogen (secondary N) is 1. The molecule has 138 valence electrons. The lowest BCUT2D eigenvalue weighted by Gasteiger charge is -2.14. The average Bonchev–Trinajstić information content (AvgIpc) is 2.66. The van der Waals surface area contributed by atoms with Gasteiger partial charge in [-0.3, -0.25) is 4.79 Å². The zero-order valence-electron chi connectivity index (χ0n) is 14.7. The molecule has 0 heterocycles. The Bertz CT molecular complexity index is 700. The van der Waals surface area contributed by atoms with Gasteiger partial charge in [-0.2, -0.15) is 0 Å². The van der Waals surface area contributed by atoms with Crippen molar-refractivity contribution in [2.45, 2.75) is 25.3 Å². The monoisotopic (exact) mass is 357 g/mol. The lowest BCUT2D eigenvalue weighted by atomic mass is 10.1. The highest BCUT2D eigenvalue weighted by molar-refractivity contribution is 5.83. The van der Waals surface area contributed by atoms with Crippen molar-refractivity contribution >= 4 is 11.9 Å². The molecule has 0 aliphatic heterocycles. The topological polar surface area (TPSA) is 84.9 Å². The van der Waals surface area contributed by atoms with E-state index in [-0.39, 0.29) is 18.7 Å². The predicted molar refractivity (Wildman–Crippen MR) is 97.4 cm³/mol. The van der Waals surface area contributed by atoms with Crippen LogP contribution in [0.5, 0.6) is 11.5 Å². The molecule has 0 fully saturated rings. The summed E-state index contributed by atoms with van der Waals surface area (Å²) in [6.45, 7) is 0.371. The summed E-state index contributed by atoms with van der Waals surface area (Å²) in [6.07, 6.45) is 0.953. The fourth-order valence-corrected chi connectivity index (χ4v) is 2.41. The highest BCUT2D eigenvalue weighted by Crippen LogP contribution is 2.17. The Hall–Kier alpha value is -3.02. The summed E-state index contributed by atoms with van der Waals surface area (Å²) in [7, 11) is 1.59. The number of hydrogen-bond acceptors (Lipinski definition) is 4. The van der Waals surface area contributed by atoms with Crippen LogP contribution in [0.15, 0.2) is 54.6 Å². The molecule has 26 heavy (non-hydrogen) atoms. The first-order valence-electron chi connectivity index (χ1n) is 8.41. The summed E-state index contributed by atoms with van der Waals surface area (Å²) < 4.78 is 10.6. The molecule has 0 aliphatic rings. The van der Waals surface area contributed by atoms with Gasteiger partial charge in [-0.1, -0.05) is 30.3 Å². The van der Waals surface area contributed by atoms with Crippen molar-refractivity contribution in [1.82, 2.24) is 5.32 Å². The molecule has 1 unspecified atom stereocenters. The van der Waals surface area contributed by atoms with Crippen LogP contribution in [0.1, 0.15) is 18.4 Å². The van der Waals surface area contributed by atoms with E-state index < -0.39 is 12.0 Å². The van der Waals surface area contributed by atoms with Crippen LogP contribution >= 0.6 is 0 Å². The maximum absolute atomic E-state index is 12.0. The molecule has 2 rings (SSSR count). The number of carboxylic acids is 1. The number of hydrogen-bond donors (Lipinski definition) is 2. The minimum Gasteiger partial charge on any atom is -0.497 e. The number of methoxy groups -OCH3 is 1. The number of carbonyl (C=O) groups is 2. The van der Waals surface area contributed by atoms with Crippen LogP contribution in [-0.2, 0) is 16.0 Å². The summed E-state index contributed by atoms with van der Waals surface area (Å²) in [4.78, 5) is 23.4. The maximum atomic E-state index is 12.0. The number of carbonyl (C=O) groups excluding carboxylic acids is 1. The van der Waals surface area contributed by atoms with E-state index in [9.17, 15) is 14.7 Å². The van der Waals surface area contributed by atoms with Crippen LogP contribution in [0.3, 0.4) is 0 Å². The molecule has 1 amide bonds. The van der Waals surface area contributed by atoms with Gasteiger partial charge < -0.3 is 19.9 Å². The Morgan fingerprint density at radius 1 is 1.04 bits per heavy atom. The minimum absolute atomic E-state index is 0.203. The summed E-state index contributed by atoms with van der Waals surface area (Å²) in [5, 5.41) is 11.9. The molecule has 0 spiro atoms. The third-order valence-corrected chi connectivity index (χ3v) is 3.79. The van der Waals surface area contributed by atoms with Crippen LogP contribution in [-0.4, -0.2) is 36.7 Å². The largest absolute Gasteiger partial charge is 0.497 e. The van der Waals surface area contributed by atoms with E-state index in [1.54, 1.807) is 31.4 Å². The molecule has 0 aliphatic carbocycles. The Labute approximate surface area is 152 Å². The van der Waals surface area contributed by atoms with Crippen molar-refractivity contribution < 1.29 is 24.2 Å². The zero-order chi connectivity index (χ0) is 18.8. The fraction of sp³-hybridized carbons (Fsp3) is 0.300. The standard InChI is InChI=1S/C20H23NO5/c1-25-16-9-11-17(12-10-16)26-13-5-8-19(22)21-18(20(23)24)14-15-6-3-2-4-7-15/h2-4,6-7,9-12,18H,5,8,13-14H2,1H3,(H,21,22)(H,23,24). The van der Waals surface area contributed by atoms with Crippen LogP contribution in [0.2, 0.25) is 0 Å². The lowest BCUT2D eigenvalue weighted by Crippen LogP contribution is -2.42. The quantitative estimate of drug-likeness (QED) is 0.639. The first-order valence-corrected chi connectivity index (χ1v) is 8.41. The SMILES string of the molecule is COc1ccc(OCCCC(=O)NC(Cc2ccccc2)C(=O)O)cc1. The summed E-state index contributed by atoms with van der Waals surface area (Å²) >= 11 is 0. The van der Waals surface area contributed by atoms with Gasteiger partial charge in [-0.25, -0.2) is 4.79 Å². The van der Waals surface area contributed by atoms with Crippen molar-refractivity contribution in [3.63, 3.8) is 0 Å². The van der Waals surface area contributed by atoms with E-state index in [2.05, 4.69) is 5.32 Å². The molecule has 6 heteroatoms. The number of aliphatic carboxylic acids is 1. The normalized spacial score (nSPS) is 11.4. The Morgan fingerprint density at radius 3 is 2.31 bits per heavy atom. The van der Waals surface area contributed by atoms with Gasteiger partial charge in [0.2, 0.25) is 5.91 Å². The molecule has 2 aromatic rings. The first-order chi connectivity index (χ1) is 12.6. The predicted octanol–water partition coefficient (Wildman–Crippen LogP) is 2.67. The highest BCUT2D eigenvalue weighted by Gasteiger charge is 2.20. The van der Waals surface area contributed by atoms with Crippen LogP contribution < -0.4 is 14.8 Å². The number of benzene rings is 2. The van der Waals surface area contributed by atoms with E-state index in [4.69, 9.17) is 9.47 Å². The number of carboxylic acid groups (broad SMARTS) is 1. The molecule has 0 aromatic heterocycles. The molecule has 1 atom stereocenters. The Balaban J connectivity index is 1.72. The third-order valence-electron chi connectivity index (χ3n) is 3.79. The van der Waals surface area contributed by atoms with Gasteiger partial charge in [-0.15, -0.1) is 0 Å². The molecule has 0 saturated carbocycles. The Kier molecular flexibility index (Phi) is 7.49. The molecule has 2 N–H and O–H groups in total. The smallest absolute Gasteiger partial charge is 0.326 e. The second-order valence-electron chi connectivity index (χ2n) is 5.78. The van der Waals surface area contributed by atoms with E-state index in [0.717, 1.165) is 11.3 Å². The molecule has 6 nitrogen and oxygen atoms in total. The van der Waals surface area contributed by atoms with Crippen LogP contribution in [0, 0.1) is 0 Å². The first kappa shape index (κ1) is 19.3. The van der Waals surface area contributed by atoms with Crippen molar-refractivity contribution in [2.75, 3.05) is 13.7 Å². The molecular weight excluding hydrogens is 334 g/mol. The van der Waals surface area contributed by atoms with Crippen LogP contribution in [0.25, 0.3) is 0 Å². The summed E-state index contributed by atoms with van der Waals surface area (Å²) in [5.41, 5.74) is 0.864. The number of amides is 1. The minimum atomic E-state index is -1.04. The molecule has 0 bridgehead atoms. The van der Waals surface area contributed by atoms with Gasteiger partial charge in [0.15, 0.2) is 0 Å². The Morgan fingerprint density at radius 2 is 1.69 bits per heavy atom. The van der Waals surface area contributed by atoms with Gasteiger partial charge in [0.1, 0.15) is 17.5 Å². The average molecular weight is 357 g/mol. The van der Waals surface area contributed by atoms with E-state index in [1.165, 1.54) is 0 Å². The van der Waals surface area contributed by atoms with E-state index in [0.29, 0.717) is 18.8 Å². The van der Waals surface area contributed by atoms with Crippen LogP contribution in [0.4, 0.5) is 0 Å². The molecular formula is C20H23NO5. The van der Waals surface area contributed by atoms with Crippen molar-refractivity contribution in [3.8, 4) is 11.5 Å². The van der Waals surface area contributed by atoms with Crippen molar-refractivity contribution in [3.05, 3.63) is 60.2 Å². The molecule has 2 aromatic carbocycles. The zero-order valence-corrected chi connectivity index (χ0v) is 14.7. The maximum Gasteiger partial charge on any atom is 0.326 e. The summed E-state index contributed by atoms with van der Waals surface area (Å²) in [5.74, 6) is 0.0944. The number of rotatable bonds is 10.